The van der Waals surface area contributed by atoms with Crippen LogP contribution in [0.15, 0.2) is 24.3 Å². The topological polar surface area (TPSA) is 56.8 Å². The molecule has 3 rings (SSSR count). The predicted molar refractivity (Wildman–Crippen MR) is 86.7 cm³/mol. The van der Waals surface area contributed by atoms with Gasteiger partial charge in [0, 0.05) is 31.8 Å². The molecule has 2 aliphatic rings. The zero-order valence-corrected chi connectivity index (χ0v) is 13.7. The summed E-state index contributed by atoms with van der Waals surface area (Å²) in [5.74, 6) is 0.965. The van der Waals surface area contributed by atoms with E-state index < -0.39 is 0 Å². The Bertz CT molecular complexity index is 516. The molecule has 0 unspecified atom stereocenters. The van der Waals surface area contributed by atoms with Gasteiger partial charge in [-0.15, -0.1) is 0 Å². The van der Waals surface area contributed by atoms with Crippen LogP contribution >= 0.6 is 0 Å². The average Bonchev–Trinajstić information content (AvgIpc) is 3.15. The molecule has 2 heterocycles. The second-order valence-electron chi connectivity index (χ2n) is 6.40. The fourth-order valence-corrected chi connectivity index (χ4v) is 3.42. The largest absolute Gasteiger partial charge is 0.497 e. The maximum absolute atomic E-state index is 12.3. The molecular weight excluding hydrogens is 294 g/mol. The molecule has 0 radical (unpaired) electrons. The van der Waals surface area contributed by atoms with Crippen LogP contribution in [0.2, 0.25) is 0 Å². The lowest BCUT2D eigenvalue weighted by Gasteiger charge is -2.38. The van der Waals surface area contributed by atoms with Crippen LogP contribution in [0.25, 0.3) is 0 Å². The number of carbonyl (C=O) groups is 1. The molecule has 2 aliphatic heterocycles. The summed E-state index contributed by atoms with van der Waals surface area (Å²) < 4.78 is 16.1. The molecule has 23 heavy (non-hydrogen) atoms. The minimum Gasteiger partial charge on any atom is -0.497 e. The summed E-state index contributed by atoms with van der Waals surface area (Å²) in [7, 11) is 1.67. The number of hydrogen-bond donors (Lipinski definition) is 1. The molecule has 2 fully saturated rings. The third-order valence-corrected chi connectivity index (χ3v) is 5.05. The van der Waals surface area contributed by atoms with Gasteiger partial charge >= 0.3 is 0 Å². The second kappa shape index (κ2) is 7.32. The van der Waals surface area contributed by atoms with Crippen molar-refractivity contribution < 1.29 is 19.0 Å². The van der Waals surface area contributed by atoms with Gasteiger partial charge in [-0.05, 0) is 37.0 Å². The van der Waals surface area contributed by atoms with E-state index in [-0.39, 0.29) is 17.2 Å². The zero-order chi connectivity index (χ0) is 16.1. The van der Waals surface area contributed by atoms with E-state index in [0.29, 0.717) is 19.8 Å². The molecule has 5 nitrogen and oxygen atoms in total. The maximum Gasteiger partial charge on any atom is 0.225 e. The lowest BCUT2D eigenvalue weighted by molar-refractivity contribution is -0.125. The highest BCUT2D eigenvalue weighted by molar-refractivity contribution is 5.79. The highest BCUT2D eigenvalue weighted by Crippen LogP contribution is 2.35. The van der Waals surface area contributed by atoms with Gasteiger partial charge in [0.1, 0.15) is 5.75 Å². The van der Waals surface area contributed by atoms with Crippen LogP contribution in [-0.2, 0) is 19.7 Å². The Morgan fingerprint density at radius 3 is 2.57 bits per heavy atom. The van der Waals surface area contributed by atoms with Gasteiger partial charge in [0.05, 0.1) is 19.6 Å². The van der Waals surface area contributed by atoms with Crippen molar-refractivity contribution in [1.82, 2.24) is 5.32 Å². The van der Waals surface area contributed by atoms with Crippen molar-refractivity contribution in [2.45, 2.75) is 24.7 Å². The number of ether oxygens (including phenoxy) is 3. The average molecular weight is 319 g/mol. The van der Waals surface area contributed by atoms with Crippen molar-refractivity contribution in [3.8, 4) is 5.75 Å². The number of nitrogens with one attached hydrogen (secondary N) is 1. The van der Waals surface area contributed by atoms with Gasteiger partial charge in [0.15, 0.2) is 0 Å². The summed E-state index contributed by atoms with van der Waals surface area (Å²) in [4.78, 5) is 12.3. The number of carbonyl (C=O) groups excluding carboxylic acids is 1. The maximum atomic E-state index is 12.3. The molecular formula is C18H25NO4. The Morgan fingerprint density at radius 1 is 1.22 bits per heavy atom. The van der Waals surface area contributed by atoms with Crippen molar-refractivity contribution in [1.29, 1.82) is 0 Å². The highest BCUT2D eigenvalue weighted by Gasteiger charge is 2.35. The van der Waals surface area contributed by atoms with Crippen LogP contribution in [0.5, 0.6) is 5.75 Å². The molecule has 126 valence electrons. The van der Waals surface area contributed by atoms with E-state index in [2.05, 4.69) is 17.4 Å². The molecule has 0 bridgehead atoms. The minimum absolute atomic E-state index is 0.00255. The van der Waals surface area contributed by atoms with E-state index in [1.165, 1.54) is 5.56 Å². The summed E-state index contributed by atoms with van der Waals surface area (Å²) in [6.07, 6.45) is 2.66. The number of benzene rings is 1. The van der Waals surface area contributed by atoms with Gasteiger partial charge in [-0.25, -0.2) is 0 Å². The van der Waals surface area contributed by atoms with Crippen molar-refractivity contribution in [2.75, 3.05) is 40.1 Å². The SMILES string of the molecule is COc1ccc(C2(CNC(=O)[C@@H]3CCOC3)CCOCC2)cc1. The van der Waals surface area contributed by atoms with Gasteiger partial charge in [0.2, 0.25) is 5.91 Å². The Morgan fingerprint density at radius 2 is 1.96 bits per heavy atom. The normalized spacial score (nSPS) is 23.4. The molecule has 1 aromatic rings. The first-order valence-corrected chi connectivity index (χ1v) is 8.31. The molecule has 1 aromatic carbocycles. The Balaban J connectivity index is 1.71. The molecule has 0 saturated carbocycles. The third kappa shape index (κ3) is 3.67. The van der Waals surface area contributed by atoms with Crippen molar-refractivity contribution in [3.63, 3.8) is 0 Å². The van der Waals surface area contributed by atoms with E-state index in [4.69, 9.17) is 14.2 Å². The monoisotopic (exact) mass is 319 g/mol. The quantitative estimate of drug-likeness (QED) is 0.900. The van der Waals surface area contributed by atoms with E-state index in [0.717, 1.165) is 38.2 Å². The Kier molecular flexibility index (Phi) is 5.18. The van der Waals surface area contributed by atoms with Crippen LogP contribution in [-0.4, -0.2) is 46.0 Å². The fourth-order valence-electron chi connectivity index (χ4n) is 3.42. The molecule has 0 spiro atoms. The zero-order valence-electron chi connectivity index (χ0n) is 13.7. The number of methoxy groups -OCH3 is 1. The fraction of sp³-hybridized carbons (Fsp3) is 0.611. The summed E-state index contributed by atoms with van der Waals surface area (Å²) >= 11 is 0. The first-order chi connectivity index (χ1) is 11.2. The summed E-state index contributed by atoms with van der Waals surface area (Å²) in [5.41, 5.74) is 1.18. The third-order valence-electron chi connectivity index (χ3n) is 5.05. The smallest absolute Gasteiger partial charge is 0.225 e. The molecule has 5 heteroatoms. The lowest BCUT2D eigenvalue weighted by Crippen LogP contribution is -2.46. The molecule has 1 atom stereocenters. The van der Waals surface area contributed by atoms with Gasteiger partial charge in [-0.3, -0.25) is 4.79 Å². The van der Waals surface area contributed by atoms with E-state index in [1.807, 2.05) is 12.1 Å². The van der Waals surface area contributed by atoms with Crippen LogP contribution in [0, 0.1) is 5.92 Å². The highest BCUT2D eigenvalue weighted by atomic mass is 16.5. The standard InChI is InChI=1S/C18H25NO4/c1-21-16-4-2-15(3-5-16)18(7-10-22-11-8-18)13-19-17(20)14-6-9-23-12-14/h2-5,14H,6-13H2,1H3,(H,19,20)/t14-/m1/s1. The van der Waals surface area contributed by atoms with Crippen molar-refractivity contribution in [3.05, 3.63) is 29.8 Å². The van der Waals surface area contributed by atoms with Crippen molar-refractivity contribution >= 4 is 5.91 Å². The van der Waals surface area contributed by atoms with Gasteiger partial charge < -0.3 is 19.5 Å². The van der Waals surface area contributed by atoms with Gasteiger partial charge in [-0.1, -0.05) is 12.1 Å². The van der Waals surface area contributed by atoms with Crippen LogP contribution in [0.4, 0.5) is 0 Å². The first-order valence-electron chi connectivity index (χ1n) is 8.31. The second-order valence-corrected chi connectivity index (χ2v) is 6.40. The Hall–Kier alpha value is -1.59. The first kappa shape index (κ1) is 16.3. The predicted octanol–water partition coefficient (Wildman–Crippen LogP) is 1.90. The summed E-state index contributed by atoms with van der Waals surface area (Å²) in [6, 6.07) is 8.18. The minimum atomic E-state index is -0.0559. The number of rotatable bonds is 5. The molecule has 1 amide bonds. The number of hydrogen-bond acceptors (Lipinski definition) is 4. The van der Waals surface area contributed by atoms with E-state index in [9.17, 15) is 4.79 Å². The molecule has 0 aliphatic carbocycles. The van der Waals surface area contributed by atoms with E-state index >= 15 is 0 Å². The van der Waals surface area contributed by atoms with Gasteiger partial charge in [-0.2, -0.15) is 0 Å². The molecule has 0 aromatic heterocycles. The van der Waals surface area contributed by atoms with E-state index in [1.54, 1.807) is 7.11 Å². The summed E-state index contributed by atoms with van der Waals surface area (Å²) in [5, 5.41) is 3.16. The van der Waals surface area contributed by atoms with Crippen molar-refractivity contribution in [2.24, 2.45) is 5.92 Å². The van der Waals surface area contributed by atoms with Crippen LogP contribution < -0.4 is 10.1 Å². The van der Waals surface area contributed by atoms with Crippen LogP contribution in [0.1, 0.15) is 24.8 Å². The summed E-state index contributed by atoms with van der Waals surface area (Å²) in [6.45, 7) is 3.35. The van der Waals surface area contributed by atoms with Gasteiger partial charge in [0.25, 0.3) is 0 Å². The lowest BCUT2D eigenvalue weighted by atomic mass is 9.74. The molecule has 1 N–H and O–H groups in total. The number of amides is 1. The molecule has 2 saturated heterocycles. The van der Waals surface area contributed by atoms with Crippen LogP contribution in [0.3, 0.4) is 0 Å². The Labute approximate surface area is 137 Å².